The first-order valence-corrected chi connectivity index (χ1v) is 13.2. The first-order valence-electron chi connectivity index (χ1n) is 12.8. The number of hydrogen-bond acceptors (Lipinski definition) is 5. The fourth-order valence-corrected chi connectivity index (χ4v) is 4.54. The molecule has 1 rings (SSSR count). The summed E-state index contributed by atoms with van der Waals surface area (Å²) in [4.78, 5) is 41.3. The minimum absolute atomic E-state index is 0.0311. The number of hydrogen-bond donors (Lipinski definition) is 2. The van der Waals surface area contributed by atoms with Gasteiger partial charge in [0, 0.05) is 23.1 Å². The molecule has 0 saturated carbocycles. The van der Waals surface area contributed by atoms with Crippen molar-refractivity contribution < 1.29 is 19.1 Å². The van der Waals surface area contributed by atoms with Crippen LogP contribution in [0.3, 0.4) is 0 Å². The van der Waals surface area contributed by atoms with Crippen LogP contribution in [0.5, 0.6) is 0 Å². The summed E-state index contributed by atoms with van der Waals surface area (Å²) in [6.45, 7) is 17.4. The molecule has 0 aliphatic rings. The maximum absolute atomic E-state index is 13.8. The molecule has 8 heteroatoms. The lowest BCUT2D eigenvalue weighted by atomic mass is 9.76. The summed E-state index contributed by atoms with van der Waals surface area (Å²) in [5, 5.41) is 6.80. The molecular weight excluding hydrogens is 490 g/mol. The number of halogens is 1. The number of nitrogens with zero attached hydrogens (tertiary/aromatic N) is 1. The number of benzene rings is 1. The Labute approximate surface area is 228 Å². The molecule has 1 aromatic rings. The van der Waals surface area contributed by atoms with E-state index < -0.39 is 28.9 Å². The molecule has 0 aliphatic carbocycles. The van der Waals surface area contributed by atoms with Crippen LogP contribution in [-0.4, -0.2) is 61.5 Å². The first kappa shape index (κ1) is 32.6. The van der Waals surface area contributed by atoms with Crippen LogP contribution in [0, 0.1) is 11.3 Å². The Morgan fingerprint density at radius 3 is 2.03 bits per heavy atom. The molecule has 2 N–H and O–H groups in total. The van der Waals surface area contributed by atoms with Crippen LogP contribution in [-0.2, 0) is 24.5 Å². The fourth-order valence-electron chi connectivity index (χ4n) is 4.41. The second kappa shape index (κ2) is 13.4. The van der Waals surface area contributed by atoms with Gasteiger partial charge in [-0.2, -0.15) is 0 Å². The van der Waals surface area contributed by atoms with Crippen LogP contribution in [0.25, 0.3) is 0 Å². The Morgan fingerprint density at radius 2 is 1.59 bits per heavy atom. The molecule has 0 saturated heterocycles. The van der Waals surface area contributed by atoms with Gasteiger partial charge in [-0.15, -0.1) is 0 Å². The van der Waals surface area contributed by atoms with Gasteiger partial charge in [-0.05, 0) is 49.9 Å². The summed E-state index contributed by atoms with van der Waals surface area (Å²) in [6.07, 6.45) is 1.77. The van der Waals surface area contributed by atoms with Crippen molar-refractivity contribution in [2.75, 3.05) is 20.7 Å². The predicted octanol–water partition coefficient (Wildman–Crippen LogP) is 4.73. The zero-order valence-corrected chi connectivity index (χ0v) is 25.1. The smallest absolute Gasteiger partial charge is 0.333 e. The van der Waals surface area contributed by atoms with Gasteiger partial charge in [0.25, 0.3) is 0 Å². The molecule has 2 amide bonds. The Kier molecular flexibility index (Phi) is 11.8. The summed E-state index contributed by atoms with van der Waals surface area (Å²) in [6, 6.07) is 5.67. The number of likely N-dealkylation sites (N-methyl/N-ethyl adjacent to an activating group) is 2. The number of ether oxygens (including phenoxy) is 1. The highest BCUT2D eigenvalue weighted by atomic mass is 35.5. The molecule has 1 unspecified atom stereocenters. The van der Waals surface area contributed by atoms with E-state index in [2.05, 4.69) is 10.6 Å². The maximum Gasteiger partial charge on any atom is 0.333 e. The Morgan fingerprint density at radius 1 is 1.05 bits per heavy atom. The van der Waals surface area contributed by atoms with Gasteiger partial charge in [-0.1, -0.05) is 78.3 Å². The minimum atomic E-state index is -0.792. The second-order valence-electron chi connectivity index (χ2n) is 11.5. The molecular formula is C29H46ClN3O4. The molecule has 0 heterocycles. The number of nitrogens with one attached hydrogen (secondary N) is 2. The van der Waals surface area contributed by atoms with Crippen molar-refractivity contribution in [3.8, 4) is 0 Å². The topological polar surface area (TPSA) is 87.7 Å². The number of amides is 2. The highest BCUT2D eigenvalue weighted by Crippen LogP contribution is 2.30. The fraction of sp³-hybridized carbons (Fsp3) is 0.621. The van der Waals surface area contributed by atoms with Crippen LogP contribution in [0.15, 0.2) is 35.9 Å². The van der Waals surface area contributed by atoms with E-state index in [9.17, 15) is 14.4 Å². The lowest BCUT2D eigenvalue weighted by Gasteiger charge is -2.40. The van der Waals surface area contributed by atoms with Crippen LogP contribution in [0.2, 0.25) is 5.02 Å². The maximum atomic E-state index is 13.8. The highest BCUT2D eigenvalue weighted by Gasteiger charge is 2.41. The molecule has 37 heavy (non-hydrogen) atoms. The minimum Gasteiger partial charge on any atom is -0.463 e. The molecule has 208 valence electrons. The third kappa shape index (κ3) is 8.57. The van der Waals surface area contributed by atoms with E-state index in [4.69, 9.17) is 16.3 Å². The van der Waals surface area contributed by atoms with Gasteiger partial charge < -0.3 is 20.3 Å². The summed E-state index contributed by atoms with van der Waals surface area (Å²) >= 11 is 6.07. The molecule has 0 spiro atoms. The SMILES string of the molecule is CCOC(=O)/C(C)=C/[C@H](C(C)C)N(C)C(=O)C(NC(=O)[C@@H](NC)C(C)(C)c1ccc(Cl)cc1)C(C)(C)C. The number of carbonyl (C=O) groups excluding carboxylic acids is 3. The van der Waals surface area contributed by atoms with Crippen molar-refractivity contribution in [2.45, 2.75) is 85.9 Å². The van der Waals surface area contributed by atoms with Gasteiger partial charge in [0.15, 0.2) is 0 Å². The van der Waals surface area contributed by atoms with Crippen LogP contribution < -0.4 is 10.6 Å². The number of carbonyl (C=O) groups is 3. The van der Waals surface area contributed by atoms with Gasteiger partial charge in [0.2, 0.25) is 11.8 Å². The average molecular weight is 536 g/mol. The molecule has 0 radical (unpaired) electrons. The number of esters is 1. The van der Waals surface area contributed by atoms with E-state index in [1.807, 2.05) is 60.6 Å². The summed E-state index contributed by atoms with van der Waals surface area (Å²) in [7, 11) is 3.44. The van der Waals surface area contributed by atoms with Crippen LogP contribution in [0.4, 0.5) is 0 Å². The third-order valence-electron chi connectivity index (χ3n) is 6.76. The Bertz CT molecular complexity index is 964. The van der Waals surface area contributed by atoms with Crippen LogP contribution in [0.1, 0.15) is 67.9 Å². The van der Waals surface area contributed by atoms with Crippen molar-refractivity contribution in [3.05, 3.63) is 46.5 Å². The monoisotopic (exact) mass is 535 g/mol. The first-order chi connectivity index (χ1) is 17.0. The van der Waals surface area contributed by atoms with E-state index in [1.54, 1.807) is 51.1 Å². The van der Waals surface area contributed by atoms with Gasteiger partial charge >= 0.3 is 5.97 Å². The van der Waals surface area contributed by atoms with E-state index in [0.717, 1.165) is 5.56 Å². The van der Waals surface area contributed by atoms with Crippen LogP contribution >= 0.6 is 11.6 Å². The summed E-state index contributed by atoms with van der Waals surface area (Å²) in [5.41, 5.74) is 0.240. The normalized spacial score (nSPS) is 15.1. The highest BCUT2D eigenvalue weighted by molar-refractivity contribution is 6.30. The summed E-state index contributed by atoms with van der Waals surface area (Å²) in [5.74, 6) is -0.880. The van der Waals surface area contributed by atoms with Crippen molar-refractivity contribution in [1.82, 2.24) is 15.5 Å². The third-order valence-corrected chi connectivity index (χ3v) is 7.01. The van der Waals surface area contributed by atoms with E-state index in [0.29, 0.717) is 10.6 Å². The van der Waals surface area contributed by atoms with E-state index in [1.165, 1.54) is 0 Å². The lowest BCUT2D eigenvalue weighted by molar-refractivity contribution is -0.141. The predicted molar refractivity (Wildman–Crippen MR) is 150 cm³/mol. The van der Waals surface area contributed by atoms with Crippen molar-refractivity contribution in [3.63, 3.8) is 0 Å². The van der Waals surface area contributed by atoms with Crippen molar-refractivity contribution in [2.24, 2.45) is 11.3 Å². The zero-order chi connectivity index (χ0) is 28.7. The zero-order valence-electron chi connectivity index (χ0n) is 24.4. The van der Waals surface area contributed by atoms with Crippen molar-refractivity contribution >= 4 is 29.4 Å². The summed E-state index contributed by atoms with van der Waals surface area (Å²) < 4.78 is 5.11. The van der Waals surface area contributed by atoms with Crippen molar-refractivity contribution in [1.29, 1.82) is 0 Å². The largest absolute Gasteiger partial charge is 0.463 e. The number of rotatable bonds is 11. The lowest BCUT2D eigenvalue weighted by Crippen LogP contribution is -2.61. The standard InChI is InChI=1S/C29H46ClN3O4/c1-12-37-27(36)19(4)17-22(18(2)3)33(11)26(35)24(28(5,6)7)32-25(34)23(31-10)29(8,9)20-13-15-21(30)16-14-20/h13-18,22-24,31H,12H2,1-11H3,(H,32,34)/b19-17+/t22-,23-,24?/m1/s1. The molecule has 3 atom stereocenters. The molecule has 7 nitrogen and oxygen atoms in total. The molecule has 0 fully saturated rings. The van der Waals surface area contributed by atoms with Gasteiger partial charge in [0.05, 0.1) is 18.7 Å². The Hall–Kier alpha value is -2.38. The average Bonchev–Trinajstić information content (AvgIpc) is 2.79. The van der Waals surface area contributed by atoms with E-state index >= 15 is 0 Å². The molecule has 0 bridgehead atoms. The second-order valence-corrected chi connectivity index (χ2v) is 11.9. The van der Waals surface area contributed by atoms with E-state index in [-0.39, 0.29) is 30.4 Å². The van der Waals surface area contributed by atoms with Gasteiger partial charge in [0.1, 0.15) is 6.04 Å². The quantitative estimate of drug-likeness (QED) is 0.316. The molecule has 0 aromatic heterocycles. The molecule has 0 aliphatic heterocycles. The van der Waals surface area contributed by atoms with Gasteiger partial charge in [-0.25, -0.2) is 4.79 Å². The molecule has 1 aromatic carbocycles. The van der Waals surface area contributed by atoms with Gasteiger partial charge in [-0.3, -0.25) is 9.59 Å². The Balaban J connectivity index is 3.30.